The molecular formula is C28H34O7S. The first-order valence-electron chi connectivity index (χ1n) is 12.6. The lowest BCUT2D eigenvalue weighted by Crippen LogP contribution is -2.45. The molecule has 2 aromatic rings. The lowest BCUT2D eigenvalue weighted by atomic mass is 9.55. The summed E-state index contributed by atoms with van der Waals surface area (Å²) in [6.45, 7) is 3.80. The predicted molar refractivity (Wildman–Crippen MR) is 134 cm³/mol. The van der Waals surface area contributed by atoms with E-state index in [1.54, 1.807) is 12.1 Å². The van der Waals surface area contributed by atoms with E-state index in [1.165, 1.54) is 38.8 Å². The fraction of sp³-hybridized carbons (Fsp3) is 0.536. The van der Waals surface area contributed by atoms with Crippen molar-refractivity contribution < 1.29 is 31.6 Å². The van der Waals surface area contributed by atoms with Crippen LogP contribution in [0.4, 0.5) is 0 Å². The molecule has 0 radical (unpaired) electrons. The summed E-state index contributed by atoms with van der Waals surface area (Å²) in [7, 11) is -0.970. The predicted octanol–water partition coefficient (Wildman–Crippen LogP) is 5.26. The lowest BCUT2D eigenvalue weighted by Gasteiger charge is -2.50. The van der Waals surface area contributed by atoms with E-state index in [-0.39, 0.29) is 28.1 Å². The third-order valence-electron chi connectivity index (χ3n) is 8.78. The van der Waals surface area contributed by atoms with Crippen LogP contribution in [-0.4, -0.2) is 34.7 Å². The van der Waals surface area contributed by atoms with Crippen molar-refractivity contribution in [1.29, 1.82) is 0 Å². The van der Waals surface area contributed by atoms with Gasteiger partial charge < -0.3 is 18.4 Å². The quantitative estimate of drug-likeness (QED) is 0.384. The van der Waals surface area contributed by atoms with Gasteiger partial charge in [-0.05, 0) is 104 Å². The van der Waals surface area contributed by atoms with Crippen LogP contribution in [0.1, 0.15) is 63.0 Å². The molecule has 0 bridgehead atoms. The fourth-order valence-electron chi connectivity index (χ4n) is 7.06. The number of hydrogen-bond acceptors (Lipinski definition) is 7. The van der Waals surface area contributed by atoms with Crippen LogP contribution in [0.2, 0.25) is 0 Å². The first kappa shape index (κ1) is 24.9. The number of methoxy groups -OCH3 is 2. The van der Waals surface area contributed by atoms with Gasteiger partial charge in [0.25, 0.3) is 0 Å². The number of aryl methyl sites for hydroxylation is 1. The SMILES string of the molecule is COc1ccc(S(=O)(=O)Oc2cc3c(cc2OC)C2CC[C@@]4(C)C(CC[C@@H]4OC(C)=O)C2CC3)cc1. The molecule has 2 saturated carbocycles. The highest BCUT2D eigenvalue weighted by Gasteiger charge is 2.56. The molecule has 194 valence electrons. The molecule has 3 aliphatic rings. The summed E-state index contributed by atoms with van der Waals surface area (Å²) in [6.07, 6.45) is 5.89. The van der Waals surface area contributed by atoms with Crippen LogP contribution in [0.5, 0.6) is 17.2 Å². The Balaban J connectivity index is 1.42. The molecule has 5 rings (SSSR count). The summed E-state index contributed by atoms with van der Waals surface area (Å²) >= 11 is 0. The zero-order valence-electron chi connectivity index (χ0n) is 21.3. The van der Waals surface area contributed by atoms with Crippen LogP contribution in [0, 0.1) is 17.3 Å². The Morgan fingerprint density at radius 3 is 2.39 bits per heavy atom. The van der Waals surface area contributed by atoms with Crippen LogP contribution in [0.25, 0.3) is 0 Å². The normalized spacial score (nSPS) is 28.9. The molecular weight excluding hydrogens is 480 g/mol. The molecule has 3 unspecified atom stereocenters. The molecule has 2 fully saturated rings. The van der Waals surface area contributed by atoms with Gasteiger partial charge in [0, 0.05) is 12.3 Å². The molecule has 2 aromatic carbocycles. The number of carbonyl (C=O) groups excluding carboxylic acids is 1. The van der Waals surface area contributed by atoms with Crippen molar-refractivity contribution in [2.45, 2.75) is 69.3 Å². The highest BCUT2D eigenvalue weighted by molar-refractivity contribution is 7.87. The highest BCUT2D eigenvalue weighted by atomic mass is 32.2. The minimum absolute atomic E-state index is 0.00387. The van der Waals surface area contributed by atoms with Gasteiger partial charge in [0.1, 0.15) is 16.7 Å². The van der Waals surface area contributed by atoms with Crippen LogP contribution >= 0.6 is 0 Å². The smallest absolute Gasteiger partial charge is 0.339 e. The molecule has 0 N–H and O–H groups in total. The van der Waals surface area contributed by atoms with Crippen molar-refractivity contribution in [3.05, 3.63) is 47.5 Å². The van der Waals surface area contributed by atoms with E-state index in [2.05, 4.69) is 6.92 Å². The number of ether oxygens (including phenoxy) is 3. The molecule has 0 amide bonds. The van der Waals surface area contributed by atoms with Gasteiger partial charge in [0.2, 0.25) is 0 Å². The van der Waals surface area contributed by atoms with E-state index < -0.39 is 10.1 Å². The van der Waals surface area contributed by atoms with Crippen LogP contribution in [0.15, 0.2) is 41.3 Å². The number of benzene rings is 2. The van der Waals surface area contributed by atoms with E-state index in [1.807, 2.05) is 12.1 Å². The highest BCUT2D eigenvalue weighted by Crippen LogP contribution is 2.62. The van der Waals surface area contributed by atoms with Gasteiger partial charge in [0.15, 0.2) is 11.5 Å². The Kier molecular flexibility index (Phi) is 6.43. The third-order valence-corrected chi connectivity index (χ3v) is 10.0. The third kappa shape index (κ3) is 4.23. The van der Waals surface area contributed by atoms with Crippen molar-refractivity contribution >= 4 is 16.1 Å². The molecule has 0 aromatic heterocycles. The number of carbonyl (C=O) groups is 1. The lowest BCUT2D eigenvalue weighted by molar-refractivity contribution is -0.154. The average Bonchev–Trinajstić information content (AvgIpc) is 3.18. The molecule has 7 nitrogen and oxygen atoms in total. The van der Waals surface area contributed by atoms with Crippen molar-refractivity contribution in [2.75, 3.05) is 14.2 Å². The van der Waals surface area contributed by atoms with Crippen LogP contribution < -0.4 is 13.7 Å². The summed E-state index contributed by atoms with van der Waals surface area (Å²) < 4.78 is 48.0. The minimum Gasteiger partial charge on any atom is -0.497 e. The molecule has 0 aliphatic heterocycles. The fourth-order valence-corrected chi connectivity index (χ4v) is 7.99. The average molecular weight is 515 g/mol. The standard InChI is InChI=1S/C28H34O7S/c1-17(29)34-27-12-11-24-22-10-5-18-15-26(35-36(30,31)20-8-6-19(32-3)7-9-20)25(33-4)16-23(18)21(22)13-14-28(24,27)2/h6-9,15-16,21-22,24,27H,5,10-14H2,1-4H3/t21?,22?,24?,27-,28-/m0/s1. The molecule has 5 atom stereocenters. The summed E-state index contributed by atoms with van der Waals surface area (Å²) in [4.78, 5) is 11.7. The monoisotopic (exact) mass is 514 g/mol. The van der Waals surface area contributed by atoms with Gasteiger partial charge in [-0.1, -0.05) is 6.92 Å². The van der Waals surface area contributed by atoms with Crippen molar-refractivity contribution in [2.24, 2.45) is 17.3 Å². The van der Waals surface area contributed by atoms with Crippen LogP contribution in [-0.2, 0) is 26.1 Å². The van der Waals surface area contributed by atoms with E-state index in [4.69, 9.17) is 18.4 Å². The van der Waals surface area contributed by atoms with Crippen molar-refractivity contribution in [1.82, 2.24) is 0 Å². The van der Waals surface area contributed by atoms with Gasteiger partial charge in [-0.25, -0.2) is 0 Å². The molecule has 0 saturated heterocycles. The van der Waals surface area contributed by atoms with Gasteiger partial charge >= 0.3 is 16.1 Å². The maximum atomic E-state index is 13.0. The van der Waals surface area contributed by atoms with Gasteiger partial charge in [0.05, 0.1) is 14.2 Å². The summed E-state index contributed by atoms with van der Waals surface area (Å²) in [5, 5.41) is 0. The Morgan fingerprint density at radius 2 is 1.72 bits per heavy atom. The topological polar surface area (TPSA) is 88.1 Å². The maximum Gasteiger partial charge on any atom is 0.339 e. The maximum absolute atomic E-state index is 13.0. The van der Waals surface area contributed by atoms with E-state index >= 15 is 0 Å². The Hall–Kier alpha value is -2.74. The number of fused-ring (bicyclic) bond motifs is 5. The van der Waals surface area contributed by atoms with Gasteiger partial charge in [-0.2, -0.15) is 8.42 Å². The van der Waals surface area contributed by atoms with Crippen molar-refractivity contribution in [3.63, 3.8) is 0 Å². The molecule has 8 heteroatoms. The zero-order valence-corrected chi connectivity index (χ0v) is 22.1. The van der Waals surface area contributed by atoms with E-state index in [0.29, 0.717) is 29.3 Å². The van der Waals surface area contributed by atoms with Crippen molar-refractivity contribution in [3.8, 4) is 17.2 Å². The second kappa shape index (κ2) is 9.29. The second-order valence-electron chi connectivity index (χ2n) is 10.6. The summed E-state index contributed by atoms with van der Waals surface area (Å²) in [6, 6.07) is 9.93. The minimum atomic E-state index is -4.03. The Labute approximate surface area is 213 Å². The number of hydrogen-bond donors (Lipinski definition) is 0. The summed E-state index contributed by atoms with van der Waals surface area (Å²) in [5.74, 6) is 2.40. The first-order valence-corrected chi connectivity index (χ1v) is 14.0. The number of rotatable bonds is 6. The Morgan fingerprint density at radius 1 is 0.972 bits per heavy atom. The number of esters is 1. The van der Waals surface area contributed by atoms with Crippen LogP contribution in [0.3, 0.4) is 0 Å². The zero-order chi connectivity index (χ0) is 25.7. The molecule has 36 heavy (non-hydrogen) atoms. The van der Waals surface area contributed by atoms with E-state index in [0.717, 1.165) is 44.1 Å². The molecule has 0 spiro atoms. The molecule has 0 heterocycles. The largest absolute Gasteiger partial charge is 0.497 e. The molecule has 3 aliphatic carbocycles. The van der Waals surface area contributed by atoms with E-state index in [9.17, 15) is 13.2 Å². The van der Waals surface area contributed by atoms with Gasteiger partial charge in [-0.3, -0.25) is 4.79 Å². The van der Waals surface area contributed by atoms with Gasteiger partial charge in [-0.15, -0.1) is 0 Å². The summed E-state index contributed by atoms with van der Waals surface area (Å²) in [5.41, 5.74) is 2.37. The second-order valence-corrected chi connectivity index (χ2v) is 12.1. The first-order chi connectivity index (χ1) is 17.2. The Bertz CT molecular complexity index is 1250.